The van der Waals surface area contributed by atoms with Crippen LogP contribution in [0.2, 0.25) is 0 Å². The van der Waals surface area contributed by atoms with Crippen LogP contribution in [0.15, 0.2) is 18.3 Å². The number of rotatable bonds is 2. The van der Waals surface area contributed by atoms with Crippen molar-refractivity contribution in [3.63, 3.8) is 0 Å². The van der Waals surface area contributed by atoms with Crippen molar-refractivity contribution in [2.75, 3.05) is 0 Å². The number of hydrogen-bond acceptors (Lipinski definition) is 4. The Labute approximate surface area is 77.1 Å². The summed E-state index contributed by atoms with van der Waals surface area (Å²) in [4.78, 5) is 3.03. The number of halogens is 3. The highest BCUT2D eigenvalue weighted by atomic mass is 19.4. The molecule has 0 spiro atoms. The van der Waals surface area contributed by atoms with Gasteiger partial charge in [-0.1, -0.05) is 0 Å². The molecule has 0 unspecified atom stereocenters. The van der Waals surface area contributed by atoms with Crippen molar-refractivity contribution in [3.05, 3.63) is 24.0 Å². The first-order valence-electron chi connectivity index (χ1n) is 3.46. The maximum absolute atomic E-state index is 12.2. The summed E-state index contributed by atoms with van der Waals surface area (Å²) in [5.74, 6) is -0.727. The summed E-state index contributed by atoms with van der Waals surface area (Å²) in [5, 5.41) is 16.7. The van der Waals surface area contributed by atoms with Gasteiger partial charge in [-0.05, 0) is 12.1 Å². The zero-order valence-electron chi connectivity index (χ0n) is 6.69. The molecule has 1 aromatic rings. The summed E-state index contributed by atoms with van der Waals surface area (Å²) in [5.41, 5.74) is -1.30. The average molecular weight is 207 g/mol. The zero-order valence-corrected chi connectivity index (χ0v) is 6.69. The molecule has 0 aromatic carbocycles. The minimum absolute atomic E-state index is 0.727. The largest absolute Gasteiger partial charge is 0.707 e. The molecule has 1 heterocycles. The van der Waals surface area contributed by atoms with Crippen LogP contribution in [0, 0.1) is 0 Å². The van der Waals surface area contributed by atoms with E-state index in [2.05, 4.69) is 9.64 Å². The van der Waals surface area contributed by atoms with Crippen molar-refractivity contribution in [2.24, 2.45) is 0 Å². The minimum atomic E-state index is -4.69. The molecule has 0 atom stereocenters. The third-order valence-electron chi connectivity index (χ3n) is 1.27. The lowest BCUT2D eigenvalue weighted by molar-refractivity contribution is -0.142. The van der Waals surface area contributed by atoms with E-state index in [1.807, 2.05) is 0 Å². The maximum Gasteiger partial charge on any atom is 0.707 e. The van der Waals surface area contributed by atoms with Crippen molar-refractivity contribution in [2.45, 2.75) is 6.18 Å². The fourth-order valence-electron chi connectivity index (χ4n) is 0.812. The SMILES string of the molecule is OB(O)Oc1cccnc1C(F)(F)F. The Morgan fingerprint density at radius 2 is 2.00 bits per heavy atom. The summed E-state index contributed by atoms with van der Waals surface area (Å²) >= 11 is 0. The fraction of sp³-hybridized carbons (Fsp3) is 0.167. The molecule has 0 radical (unpaired) electrons. The molecule has 2 N–H and O–H groups in total. The first kappa shape index (κ1) is 10.8. The van der Waals surface area contributed by atoms with Crippen LogP contribution in [-0.4, -0.2) is 22.4 Å². The molecule has 1 aromatic heterocycles. The highest BCUT2D eigenvalue weighted by Crippen LogP contribution is 2.33. The molecule has 4 nitrogen and oxygen atoms in total. The first-order valence-corrected chi connectivity index (χ1v) is 3.46. The van der Waals surface area contributed by atoms with Gasteiger partial charge in [0.15, 0.2) is 5.69 Å². The molecule has 76 valence electrons. The fourth-order valence-corrected chi connectivity index (χ4v) is 0.812. The van der Waals surface area contributed by atoms with Crippen molar-refractivity contribution >= 4 is 7.32 Å². The standard InChI is InChI=1S/C6H5BF3NO3/c8-6(9,10)5-4(14-7(12)13)2-1-3-11-5/h1-3,12-13H. The normalized spacial score (nSPS) is 11.2. The second-order valence-corrected chi connectivity index (χ2v) is 2.29. The Balaban J connectivity index is 3.04. The predicted molar refractivity (Wildman–Crippen MR) is 40.1 cm³/mol. The number of alkyl halides is 3. The van der Waals surface area contributed by atoms with Crippen LogP contribution in [0.5, 0.6) is 5.75 Å². The molecule has 1 rings (SSSR count). The zero-order chi connectivity index (χ0) is 10.8. The number of aromatic nitrogens is 1. The van der Waals surface area contributed by atoms with Crippen LogP contribution in [0.4, 0.5) is 13.2 Å². The van der Waals surface area contributed by atoms with Gasteiger partial charge in [0.1, 0.15) is 5.75 Å². The van der Waals surface area contributed by atoms with E-state index in [1.54, 1.807) is 0 Å². The van der Waals surface area contributed by atoms with Crippen LogP contribution in [-0.2, 0) is 6.18 Å². The minimum Gasteiger partial charge on any atom is -0.510 e. The van der Waals surface area contributed by atoms with Gasteiger partial charge in [-0.25, -0.2) is 4.98 Å². The van der Waals surface area contributed by atoms with E-state index in [9.17, 15) is 13.2 Å². The van der Waals surface area contributed by atoms with E-state index in [1.165, 1.54) is 6.07 Å². The maximum atomic E-state index is 12.2. The third kappa shape index (κ3) is 2.61. The molecule has 0 bridgehead atoms. The molecule has 8 heteroatoms. The molecule has 0 aliphatic carbocycles. The van der Waals surface area contributed by atoms with Gasteiger partial charge >= 0.3 is 13.5 Å². The lowest BCUT2D eigenvalue weighted by Crippen LogP contribution is -2.23. The first-order chi connectivity index (χ1) is 6.41. The number of nitrogens with zero attached hydrogens (tertiary/aromatic N) is 1. The van der Waals surface area contributed by atoms with Gasteiger partial charge < -0.3 is 14.7 Å². The molecular weight excluding hydrogens is 202 g/mol. The van der Waals surface area contributed by atoms with Gasteiger partial charge in [0.05, 0.1) is 0 Å². The third-order valence-corrected chi connectivity index (χ3v) is 1.27. The van der Waals surface area contributed by atoms with E-state index >= 15 is 0 Å². The van der Waals surface area contributed by atoms with Crippen LogP contribution < -0.4 is 4.65 Å². The lowest BCUT2D eigenvalue weighted by Gasteiger charge is -2.11. The van der Waals surface area contributed by atoms with Crippen LogP contribution in [0.25, 0.3) is 0 Å². The van der Waals surface area contributed by atoms with Crippen LogP contribution in [0.3, 0.4) is 0 Å². The summed E-state index contributed by atoms with van der Waals surface area (Å²) in [6.07, 6.45) is -3.76. The number of hydrogen-bond donors (Lipinski definition) is 2. The van der Waals surface area contributed by atoms with Crippen molar-refractivity contribution < 1.29 is 27.9 Å². The van der Waals surface area contributed by atoms with Crippen molar-refractivity contribution in [1.29, 1.82) is 0 Å². The van der Waals surface area contributed by atoms with Gasteiger partial charge in [0.2, 0.25) is 0 Å². The second kappa shape index (κ2) is 3.85. The summed E-state index contributed by atoms with van der Waals surface area (Å²) in [6, 6.07) is 2.13. The Kier molecular flexibility index (Phi) is 2.97. The summed E-state index contributed by atoms with van der Waals surface area (Å²) < 4.78 is 40.7. The monoisotopic (exact) mass is 207 g/mol. The number of pyridine rings is 1. The van der Waals surface area contributed by atoms with E-state index in [0.29, 0.717) is 0 Å². The highest BCUT2D eigenvalue weighted by molar-refractivity contribution is 6.33. The molecule has 0 fully saturated rings. The van der Waals surface area contributed by atoms with Gasteiger partial charge in [0.25, 0.3) is 0 Å². The van der Waals surface area contributed by atoms with Gasteiger partial charge in [-0.3, -0.25) is 0 Å². The quantitative estimate of drug-likeness (QED) is 0.691. The van der Waals surface area contributed by atoms with E-state index in [0.717, 1.165) is 12.3 Å². The Morgan fingerprint density at radius 3 is 2.50 bits per heavy atom. The molecule has 0 saturated carbocycles. The molecular formula is C6H5BF3NO3. The molecule has 0 amide bonds. The van der Waals surface area contributed by atoms with E-state index < -0.39 is 24.9 Å². The topological polar surface area (TPSA) is 62.6 Å². The second-order valence-electron chi connectivity index (χ2n) is 2.29. The molecule has 0 saturated heterocycles. The van der Waals surface area contributed by atoms with Crippen LogP contribution in [0.1, 0.15) is 5.69 Å². The molecule has 14 heavy (non-hydrogen) atoms. The summed E-state index contributed by atoms with van der Waals surface area (Å²) in [7, 11) is -2.31. The van der Waals surface area contributed by atoms with E-state index in [4.69, 9.17) is 10.0 Å². The Morgan fingerprint density at radius 1 is 1.36 bits per heavy atom. The van der Waals surface area contributed by atoms with Gasteiger partial charge in [-0.15, -0.1) is 0 Å². The highest BCUT2D eigenvalue weighted by Gasteiger charge is 2.36. The summed E-state index contributed by atoms with van der Waals surface area (Å²) in [6.45, 7) is 0. The van der Waals surface area contributed by atoms with Gasteiger partial charge in [-0.2, -0.15) is 13.2 Å². The Hall–Kier alpha value is -1.28. The predicted octanol–water partition coefficient (Wildman–Crippen LogP) is 0.449. The molecule has 0 aliphatic heterocycles. The van der Waals surface area contributed by atoms with Crippen LogP contribution >= 0.6 is 0 Å². The lowest BCUT2D eigenvalue weighted by atomic mass is 10.2. The molecule has 0 aliphatic rings. The smallest absolute Gasteiger partial charge is 0.510 e. The van der Waals surface area contributed by atoms with Crippen molar-refractivity contribution in [3.8, 4) is 5.75 Å². The van der Waals surface area contributed by atoms with Gasteiger partial charge in [0, 0.05) is 6.20 Å². The van der Waals surface area contributed by atoms with Crippen molar-refractivity contribution in [1.82, 2.24) is 4.98 Å². The van der Waals surface area contributed by atoms with E-state index in [-0.39, 0.29) is 0 Å². The average Bonchev–Trinajstić information content (AvgIpc) is 2.01. The Bertz CT molecular complexity index is 317.